The van der Waals surface area contributed by atoms with Crippen LogP contribution in [0.4, 0.5) is 0 Å². The second kappa shape index (κ2) is 16.0. The summed E-state index contributed by atoms with van der Waals surface area (Å²) in [5.74, 6) is 0. The van der Waals surface area contributed by atoms with Gasteiger partial charge in [0.15, 0.2) is 0 Å². The van der Waals surface area contributed by atoms with E-state index in [1.165, 1.54) is 0 Å². The third-order valence-corrected chi connectivity index (χ3v) is 0. The summed E-state index contributed by atoms with van der Waals surface area (Å²) in [6.07, 6.45) is 0. The van der Waals surface area contributed by atoms with Gasteiger partial charge in [0, 0.05) is 85.6 Å². The van der Waals surface area contributed by atoms with Crippen molar-refractivity contribution in [1.29, 1.82) is 0 Å². The van der Waals surface area contributed by atoms with Crippen molar-refractivity contribution in [3.8, 4) is 0 Å². The molecule has 0 rings (SSSR count). The average molecular weight is 340 g/mol. The van der Waals surface area contributed by atoms with Crippen molar-refractivity contribution in [1.82, 2.24) is 0 Å². The van der Waals surface area contributed by atoms with E-state index in [4.69, 9.17) is 0 Å². The molecule has 0 aromatic rings. The van der Waals surface area contributed by atoms with Crippen LogP contribution in [-0.4, -0.2) is 23.1 Å². The first-order valence-corrected chi connectivity index (χ1v) is 0. The van der Waals surface area contributed by atoms with E-state index < -0.39 is 0 Å². The van der Waals surface area contributed by atoms with Gasteiger partial charge in [-0.1, -0.05) is 0 Å². The minimum Gasteiger partial charge on any atom is 0 e. The Balaban J connectivity index is 0. The maximum absolute atomic E-state index is 0. The average Bonchev–Trinajstić information content (AvgIpc) is 0. The summed E-state index contributed by atoms with van der Waals surface area (Å²) in [7, 11) is 0. The maximum Gasteiger partial charge on any atom is 0.316 e. The van der Waals surface area contributed by atoms with E-state index in [1.54, 1.807) is 0 Å². The Bertz CT molecular complexity index is 8.00. The molecule has 0 atom stereocenters. The Morgan fingerprint density at radius 2 is 1.00 bits per heavy atom. The summed E-state index contributed by atoms with van der Waals surface area (Å²) in [5.41, 5.74) is 0. The summed E-state index contributed by atoms with van der Waals surface area (Å²) >= 11 is 0. The van der Waals surface area contributed by atoms with Gasteiger partial charge in [-0.05, 0) is 0 Å². The molecule has 0 saturated heterocycles. The van der Waals surface area contributed by atoms with E-state index in [-0.39, 0.29) is 109 Å². The normalized spacial score (nSPS) is 0. The molecule has 0 unspecified atom stereocenters. The number of rotatable bonds is 0. The van der Waals surface area contributed by atoms with Gasteiger partial charge < -0.3 is 0 Å². The van der Waals surface area contributed by atoms with Crippen LogP contribution in [0, 0.1) is 39.9 Å². The monoisotopic (exact) mass is 338 g/mol. The molecule has 0 saturated carbocycles. The molecule has 4 heteroatoms. The van der Waals surface area contributed by atoms with Gasteiger partial charge in [-0.15, -0.1) is 0 Å². The first-order valence-electron chi connectivity index (χ1n) is 0. The zero-order valence-corrected chi connectivity index (χ0v) is 9.25. The van der Waals surface area contributed by atoms with Gasteiger partial charge in [0.25, 0.3) is 0 Å². The summed E-state index contributed by atoms with van der Waals surface area (Å²) in [6, 6.07) is 0. The van der Waals surface area contributed by atoms with Crippen LogP contribution in [0.2, 0.25) is 0 Å². The second-order valence-electron chi connectivity index (χ2n) is 0. The molecule has 0 bridgehead atoms. The fourth-order valence-corrected chi connectivity index (χ4v) is 0. The zero-order valence-electron chi connectivity index (χ0n) is 1.56. The summed E-state index contributed by atoms with van der Waals surface area (Å²) in [5, 5.41) is 0. The topological polar surface area (TPSA) is 0 Å². The van der Waals surface area contributed by atoms with Crippen molar-refractivity contribution >= 4 is 23.1 Å². The van der Waals surface area contributed by atoms with Crippen molar-refractivity contribution < 1.29 is 85.6 Å². The van der Waals surface area contributed by atoms with Crippen LogP contribution in [0.5, 0.6) is 0 Å². The first-order chi connectivity index (χ1) is 0. The molecule has 0 N–H and O–H groups in total. The van der Waals surface area contributed by atoms with Crippen LogP contribution in [0.25, 0.3) is 0 Å². The van der Waals surface area contributed by atoms with E-state index in [0.717, 1.165) is 0 Å². The SMILES string of the molecule is [Gd].[MgH2].[Zn].[Zr]. The molecular formula is H2GdMgZnZr. The minimum atomic E-state index is 0. The summed E-state index contributed by atoms with van der Waals surface area (Å²) in [6.45, 7) is 0. The van der Waals surface area contributed by atoms with E-state index in [1.807, 2.05) is 0 Å². The minimum absolute atomic E-state index is 0. The smallest absolute Gasteiger partial charge is 0 e. The quantitative estimate of drug-likeness (QED) is 0.501. The molecule has 0 fully saturated rings. The molecule has 0 aliphatic heterocycles. The number of hydrogen-bond donors (Lipinski definition) is 0. The standard InChI is InChI=1S/Gd.Mg.Zn.Zr.2H. The van der Waals surface area contributed by atoms with Crippen LogP contribution in [0.1, 0.15) is 0 Å². The Morgan fingerprint density at radius 3 is 1.00 bits per heavy atom. The van der Waals surface area contributed by atoms with Crippen LogP contribution in [0.3, 0.4) is 0 Å². The van der Waals surface area contributed by atoms with Crippen LogP contribution < -0.4 is 0 Å². The zero-order chi connectivity index (χ0) is 0. The number of hydrogen-bond acceptors (Lipinski definition) is 0. The van der Waals surface area contributed by atoms with Crippen LogP contribution in [-0.2, 0) is 45.7 Å². The van der Waals surface area contributed by atoms with Crippen molar-refractivity contribution in [2.45, 2.75) is 0 Å². The Hall–Kier alpha value is 3.60. The molecule has 0 aromatic carbocycles. The van der Waals surface area contributed by atoms with E-state index in [2.05, 4.69) is 0 Å². The van der Waals surface area contributed by atoms with E-state index >= 15 is 0 Å². The second-order valence-corrected chi connectivity index (χ2v) is 0. The molecule has 0 amide bonds. The molecule has 0 spiro atoms. The van der Waals surface area contributed by atoms with Gasteiger partial charge in [0.1, 0.15) is 0 Å². The van der Waals surface area contributed by atoms with Gasteiger partial charge in [0.05, 0.1) is 0 Å². The van der Waals surface area contributed by atoms with Crippen LogP contribution >= 0.6 is 0 Å². The van der Waals surface area contributed by atoms with Gasteiger partial charge in [0.2, 0.25) is 0 Å². The van der Waals surface area contributed by atoms with Crippen molar-refractivity contribution in [3.63, 3.8) is 0 Å². The third kappa shape index (κ3) is 9.14. The fraction of sp³-hybridized carbons (Fsp3) is 0. The Kier molecular flexibility index (Phi) is 102. The summed E-state index contributed by atoms with van der Waals surface area (Å²) < 4.78 is 0. The molecular weight excluding hydrogens is 338 g/mol. The molecule has 18 valence electrons. The van der Waals surface area contributed by atoms with Crippen molar-refractivity contribution in [2.24, 2.45) is 0 Å². The van der Waals surface area contributed by atoms with Gasteiger partial charge in [-0.3, -0.25) is 0 Å². The van der Waals surface area contributed by atoms with Crippen LogP contribution in [0.15, 0.2) is 0 Å². The fourth-order valence-electron chi connectivity index (χ4n) is 0. The molecule has 0 aliphatic carbocycles. The van der Waals surface area contributed by atoms with E-state index in [0.29, 0.717) is 0 Å². The van der Waals surface area contributed by atoms with Crippen molar-refractivity contribution in [3.05, 3.63) is 0 Å². The molecule has 0 aromatic heterocycles. The van der Waals surface area contributed by atoms with Gasteiger partial charge in [-0.2, -0.15) is 0 Å². The predicted octanol–water partition coefficient (Wildman–Crippen LogP) is -0.921. The largest absolute Gasteiger partial charge is 0.316 e. The predicted molar refractivity (Wildman–Crippen MR) is 8.54 cm³/mol. The molecule has 0 heterocycles. The van der Waals surface area contributed by atoms with Gasteiger partial charge >= 0.3 is 23.1 Å². The third-order valence-electron chi connectivity index (χ3n) is 0. The summed E-state index contributed by atoms with van der Waals surface area (Å²) in [4.78, 5) is 0. The molecule has 4 heavy (non-hydrogen) atoms. The maximum atomic E-state index is 0. The Labute approximate surface area is 106 Å². The van der Waals surface area contributed by atoms with Gasteiger partial charge in [-0.25, -0.2) is 0 Å². The first kappa shape index (κ1) is 25.6. The van der Waals surface area contributed by atoms with Crippen molar-refractivity contribution in [2.75, 3.05) is 0 Å². The molecule has 0 aliphatic rings. The van der Waals surface area contributed by atoms with E-state index in [9.17, 15) is 0 Å². The Morgan fingerprint density at radius 1 is 1.00 bits per heavy atom. The molecule has 0 radical (unpaired) electrons. The molecule has 0 nitrogen and oxygen atoms in total.